The van der Waals surface area contributed by atoms with Crippen LogP contribution in [0.15, 0.2) is 24.4 Å². The van der Waals surface area contributed by atoms with Crippen molar-refractivity contribution in [1.29, 1.82) is 0 Å². The Labute approximate surface area is 129 Å². The molecule has 2 atom stereocenters. The molecule has 0 aliphatic carbocycles. The molecule has 1 aromatic heterocycles. The van der Waals surface area contributed by atoms with Crippen LogP contribution in [0.4, 0.5) is 0 Å². The van der Waals surface area contributed by atoms with Crippen LogP contribution >= 0.6 is 0 Å². The molecule has 116 valence electrons. The quantitative estimate of drug-likeness (QED) is 0.943. The first-order valence-corrected chi connectivity index (χ1v) is 7.48. The lowest BCUT2D eigenvalue weighted by Crippen LogP contribution is -2.38. The van der Waals surface area contributed by atoms with E-state index in [0.717, 1.165) is 28.5 Å². The lowest BCUT2D eigenvalue weighted by molar-refractivity contribution is -0.119. The zero-order valence-corrected chi connectivity index (χ0v) is 13.1. The van der Waals surface area contributed by atoms with Crippen LogP contribution in [0, 0.1) is 6.92 Å². The Balaban J connectivity index is 1.91. The minimum absolute atomic E-state index is 0.0388. The summed E-state index contributed by atoms with van der Waals surface area (Å²) in [6.45, 7) is 3.97. The fourth-order valence-electron chi connectivity index (χ4n) is 2.85. The molecule has 1 N–H and O–H groups in total. The van der Waals surface area contributed by atoms with Gasteiger partial charge in [0.2, 0.25) is 11.8 Å². The third-order valence-corrected chi connectivity index (χ3v) is 4.14. The van der Waals surface area contributed by atoms with Crippen molar-refractivity contribution in [3.8, 4) is 11.6 Å². The van der Waals surface area contributed by atoms with Crippen LogP contribution < -0.4 is 14.8 Å². The number of benzene rings is 1. The fraction of sp³-hybridized carbons (Fsp3) is 0.412. The Morgan fingerprint density at radius 3 is 2.91 bits per heavy atom. The van der Waals surface area contributed by atoms with Crippen molar-refractivity contribution in [3.05, 3.63) is 30.0 Å². The number of rotatable bonds is 4. The van der Waals surface area contributed by atoms with Gasteiger partial charge in [-0.2, -0.15) is 0 Å². The highest BCUT2D eigenvalue weighted by atomic mass is 16.5. The van der Waals surface area contributed by atoms with E-state index in [-0.39, 0.29) is 18.1 Å². The van der Waals surface area contributed by atoms with Crippen LogP contribution in [0.1, 0.15) is 25.3 Å². The topological polar surface area (TPSA) is 60.5 Å². The number of carbonyl (C=O) groups excluding carboxylic acids is 1. The Morgan fingerprint density at radius 1 is 1.41 bits per heavy atom. The van der Waals surface area contributed by atoms with E-state index in [0.29, 0.717) is 12.3 Å². The van der Waals surface area contributed by atoms with Gasteiger partial charge in [0.05, 0.1) is 13.2 Å². The molecule has 0 bridgehead atoms. The van der Waals surface area contributed by atoms with E-state index in [2.05, 4.69) is 16.4 Å². The maximum Gasteiger partial charge on any atom is 0.221 e. The maximum atomic E-state index is 11.3. The molecule has 2 aromatic rings. The largest absolute Gasteiger partial charge is 0.496 e. The number of hydrogen-bond acceptors (Lipinski definition) is 4. The first-order valence-electron chi connectivity index (χ1n) is 7.48. The number of carbonyl (C=O) groups is 1. The van der Waals surface area contributed by atoms with Crippen LogP contribution in [0.3, 0.4) is 0 Å². The SMILES string of the molecule is COc1cc2c(OC(C)[C@@H]3CCC(=O)N3)nccc2cc1C. The monoisotopic (exact) mass is 300 g/mol. The van der Waals surface area contributed by atoms with Crippen LogP contribution in [-0.2, 0) is 4.79 Å². The summed E-state index contributed by atoms with van der Waals surface area (Å²) in [5.41, 5.74) is 1.07. The number of fused-ring (bicyclic) bond motifs is 1. The van der Waals surface area contributed by atoms with Gasteiger partial charge in [-0.1, -0.05) is 0 Å². The van der Waals surface area contributed by atoms with Crippen LogP contribution in [0.2, 0.25) is 0 Å². The minimum atomic E-state index is -0.128. The first-order chi connectivity index (χ1) is 10.6. The van der Waals surface area contributed by atoms with Gasteiger partial charge in [-0.25, -0.2) is 4.98 Å². The van der Waals surface area contributed by atoms with Gasteiger partial charge in [-0.05, 0) is 49.4 Å². The van der Waals surface area contributed by atoms with Crippen molar-refractivity contribution in [2.75, 3.05) is 7.11 Å². The maximum absolute atomic E-state index is 11.3. The molecule has 2 heterocycles. The average molecular weight is 300 g/mol. The number of nitrogens with one attached hydrogen (secondary N) is 1. The predicted molar refractivity (Wildman–Crippen MR) is 84.3 cm³/mol. The molecule has 1 aliphatic heterocycles. The summed E-state index contributed by atoms with van der Waals surface area (Å²) in [6.07, 6.45) is 2.97. The van der Waals surface area contributed by atoms with Gasteiger partial charge in [0.15, 0.2) is 0 Å². The summed E-state index contributed by atoms with van der Waals surface area (Å²) < 4.78 is 11.4. The number of hydrogen-bond donors (Lipinski definition) is 1. The van der Waals surface area contributed by atoms with E-state index in [1.165, 1.54) is 0 Å². The van der Waals surface area contributed by atoms with E-state index >= 15 is 0 Å². The third-order valence-electron chi connectivity index (χ3n) is 4.14. The minimum Gasteiger partial charge on any atom is -0.496 e. The molecule has 0 saturated carbocycles. The molecule has 1 aliphatic rings. The smallest absolute Gasteiger partial charge is 0.221 e. The molecule has 5 heteroatoms. The highest BCUT2D eigenvalue weighted by molar-refractivity contribution is 5.89. The molecule has 5 nitrogen and oxygen atoms in total. The van der Waals surface area contributed by atoms with Crippen molar-refractivity contribution in [2.24, 2.45) is 0 Å². The lowest BCUT2D eigenvalue weighted by atomic mass is 10.1. The Kier molecular flexibility index (Phi) is 3.88. The van der Waals surface area contributed by atoms with E-state index in [9.17, 15) is 4.79 Å². The molecule has 1 saturated heterocycles. The van der Waals surface area contributed by atoms with E-state index in [1.807, 2.05) is 26.0 Å². The van der Waals surface area contributed by atoms with Crippen molar-refractivity contribution in [1.82, 2.24) is 10.3 Å². The Bertz CT molecular complexity index is 714. The van der Waals surface area contributed by atoms with Crippen molar-refractivity contribution in [2.45, 2.75) is 38.8 Å². The standard InChI is InChI=1S/C17H20N2O3/c1-10-8-12-6-7-18-17(13(12)9-15(10)21-3)22-11(2)14-4-5-16(20)19-14/h6-9,11,14H,4-5H2,1-3H3,(H,19,20)/t11?,14-/m0/s1. The summed E-state index contributed by atoms with van der Waals surface area (Å²) in [7, 11) is 1.65. The number of nitrogens with zero attached hydrogens (tertiary/aromatic N) is 1. The highest BCUT2D eigenvalue weighted by Crippen LogP contribution is 2.31. The second kappa shape index (κ2) is 5.83. The zero-order chi connectivity index (χ0) is 15.7. The average Bonchev–Trinajstić information content (AvgIpc) is 2.93. The van der Waals surface area contributed by atoms with Crippen molar-refractivity contribution >= 4 is 16.7 Å². The molecule has 1 aromatic carbocycles. The van der Waals surface area contributed by atoms with Crippen LogP contribution in [0.5, 0.6) is 11.6 Å². The molecule has 1 amide bonds. The summed E-state index contributed by atoms with van der Waals surface area (Å²) in [4.78, 5) is 15.7. The number of pyridine rings is 1. The van der Waals surface area contributed by atoms with Gasteiger partial charge < -0.3 is 14.8 Å². The summed E-state index contributed by atoms with van der Waals surface area (Å²) >= 11 is 0. The van der Waals surface area contributed by atoms with Crippen molar-refractivity contribution in [3.63, 3.8) is 0 Å². The Morgan fingerprint density at radius 2 is 2.23 bits per heavy atom. The normalized spacial score (nSPS) is 19.0. The molecule has 3 rings (SSSR count). The van der Waals surface area contributed by atoms with Gasteiger partial charge in [0, 0.05) is 18.0 Å². The molecular formula is C17H20N2O3. The molecule has 1 fully saturated rings. The van der Waals surface area contributed by atoms with E-state index in [4.69, 9.17) is 9.47 Å². The van der Waals surface area contributed by atoms with Gasteiger partial charge in [-0.15, -0.1) is 0 Å². The summed E-state index contributed by atoms with van der Waals surface area (Å²) in [5, 5.41) is 4.92. The third kappa shape index (κ3) is 2.71. The van der Waals surface area contributed by atoms with E-state index in [1.54, 1.807) is 13.3 Å². The fourth-order valence-corrected chi connectivity index (χ4v) is 2.85. The van der Waals surface area contributed by atoms with Gasteiger partial charge in [0.25, 0.3) is 0 Å². The zero-order valence-electron chi connectivity index (χ0n) is 13.1. The highest BCUT2D eigenvalue weighted by Gasteiger charge is 2.27. The molecule has 0 radical (unpaired) electrons. The molecular weight excluding hydrogens is 280 g/mol. The summed E-state index contributed by atoms with van der Waals surface area (Å²) in [5.74, 6) is 1.47. The van der Waals surface area contributed by atoms with Crippen LogP contribution in [0.25, 0.3) is 10.8 Å². The van der Waals surface area contributed by atoms with Gasteiger partial charge >= 0.3 is 0 Å². The second-order valence-electron chi connectivity index (χ2n) is 5.69. The first kappa shape index (κ1) is 14.6. The van der Waals surface area contributed by atoms with Gasteiger partial charge in [0.1, 0.15) is 11.9 Å². The number of amides is 1. The number of methoxy groups -OCH3 is 1. The van der Waals surface area contributed by atoms with Crippen LogP contribution in [-0.4, -0.2) is 30.1 Å². The molecule has 22 heavy (non-hydrogen) atoms. The lowest BCUT2D eigenvalue weighted by Gasteiger charge is -2.21. The molecule has 1 unspecified atom stereocenters. The predicted octanol–water partition coefficient (Wildman–Crippen LogP) is 2.60. The second-order valence-corrected chi connectivity index (χ2v) is 5.69. The number of ether oxygens (including phenoxy) is 2. The number of aromatic nitrogens is 1. The summed E-state index contributed by atoms with van der Waals surface area (Å²) in [6, 6.07) is 6.01. The Hall–Kier alpha value is -2.30. The van der Waals surface area contributed by atoms with Crippen molar-refractivity contribution < 1.29 is 14.3 Å². The number of aryl methyl sites for hydroxylation is 1. The molecule has 0 spiro atoms. The van der Waals surface area contributed by atoms with Gasteiger partial charge in [-0.3, -0.25) is 4.79 Å². The van der Waals surface area contributed by atoms with E-state index < -0.39 is 0 Å².